The van der Waals surface area contributed by atoms with Gasteiger partial charge in [-0.15, -0.1) is 0 Å². The van der Waals surface area contributed by atoms with Crippen LogP contribution in [0.4, 0.5) is 0 Å². The predicted octanol–water partition coefficient (Wildman–Crippen LogP) is 2.77. The fourth-order valence-corrected chi connectivity index (χ4v) is 1.96. The van der Waals surface area contributed by atoms with E-state index in [1.165, 1.54) is 20.9 Å². The molecular weight excluding hydrogens is 128 g/mol. The van der Waals surface area contributed by atoms with Gasteiger partial charge in [0, 0.05) is 9.79 Å². The molecule has 0 radical (unpaired) electrons. The van der Waals surface area contributed by atoms with E-state index < -0.39 is 0 Å². The molecule has 0 amide bonds. The minimum absolute atomic E-state index is 1.39. The summed E-state index contributed by atoms with van der Waals surface area (Å²) in [6.07, 6.45) is 0. The molecule has 0 fully saturated rings. The molecule has 0 unspecified atom stereocenters. The average molecular weight is 136 g/mol. The van der Waals surface area contributed by atoms with Gasteiger partial charge in [-0.3, -0.25) is 0 Å². The second-order valence-electron chi connectivity index (χ2n) is 2.51. The molecule has 0 bridgehead atoms. The summed E-state index contributed by atoms with van der Waals surface area (Å²) in [5.74, 6) is 0. The highest BCUT2D eigenvalue weighted by Crippen LogP contribution is 2.50. The lowest BCUT2D eigenvalue weighted by atomic mass is 10.2. The largest absolute Gasteiger partial charge is 0.0874 e. The molecule has 1 aliphatic heterocycles. The molecule has 9 heavy (non-hydrogen) atoms. The summed E-state index contributed by atoms with van der Waals surface area (Å²) in [4.78, 5) is 2.98. The lowest BCUT2D eigenvalue weighted by Gasteiger charge is -1.88. The number of rotatable bonds is 0. The van der Waals surface area contributed by atoms with Gasteiger partial charge in [-0.1, -0.05) is 17.8 Å². The van der Waals surface area contributed by atoms with Crippen LogP contribution in [0, 0.1) is 13.8 Å². The van der Waals surface area contributed by atoms with E-state index >= 15 is 0 Å². The van der Waals surface area contributed by atoms with Crippen molar-refractivity contribution in [1.29, 1.82) is 0 Å². The minimum Gasteiger partial charge on any atom is -0.0874 e. The molecule has 0 spiro atoms. The third-order valence-corrected chi connectivity index (χ3v) is 2.64. The number of hydrogen-bond acceptors (Lipinski definition) is 1. The van der Waals surface area contributed by atoms with Crippen molar-refractivity contribution < 1.29 is 0 Å². The summed E-state index contributed by atoms with van der Waals surface area (Å²) in [6.45, 7) is 4.32. The first-order valence-corrected chi connectivity index (χ1v) is 3.88. The van der Waals surface area contributed by atoms with Crippen molar-refractivity contribution in [2.24, 2.45) is 0 Å². The van der Waals surface area contributed by atoms with Crippen molar-refractivity contribution in [2.75, 3.05) is 0 Å². The van der Waals surface area contributed by atoms with Crippen LogP contribution in [0.2, 0.25) is 0 Å². The SMILES string of the molecule is Cc1cc(C)c2c(c1)S2. The highest BCUT2D eigenvalue weighted by Gasteiger charge is 2.19. The topological polar surface area (TPSA) is 0 Å². The molecule has 0 aromatic heterocycles. The molecule has 1 aromatic rings. The van der Waals surface area contributed by atoms with E-state index in [0.29, 0.717) is 0 Å². The molecule has 1 heterocycles. The zero-order valence-corrected chi connectivity index (χ0v) is 6.38. The summed E-state index contributed by atoms with van der Waals surface area (Å²) < 4.78 is 0. The van der Waals surface area contributed by atoms with E-state index in [9.17, 15) is 0 Å². The van der Waals surface area contributed by atoms with Crippen LogP contribution in [0.25, 0.3) is 0 Å². The maximum atomic E-state index is 2.24. The van der Waals surface area contributed by atoms with Crippen molar-refractivity contribution in [1.82, 2.24) is 0 Å². The monoisotopic (exact) mass is 136 g/mol. The van der Waals surface area contributed by atoms with Crippen molar-refractivity contribution in [2.45, 2.75) is 23.6 Å². The normalized spacial score (nSPS) is 13.1. The second-order valence-corrected chi connectivity index (χ2v) is 3.56. The second kappa shape index (κ2) is 1.54. The molecule has 0 nitrogen and oxygen atoms in total. The standard InChI is InChI=1S/C8H8S/c1-5-3-6(2)8-7(4-5)9-8/h3-4H,1-2H3. The summed E-state index contributed by atoms with van der Waals surface area (Å²) >= 11 is 1.90. The van der Waals surface area contributed by atoms with Gasteiger partial charge in [0.1, 0.15) is 0 Å². The van der Waals surface area contributed by atoms with Crippen LogP contribution in [-0.2, 0) is 0 Å². The highest BCUT2D eigenvalue weighted by molar-refractivity contribution is 8.05. The predicted molar refractivity (Wildman–Crippen MR) is 40.0 cm³/mol. The average Bonchev–Trinajstić information content (AvgIpc) is 2.43. The van der Waals surface area contributed by atoms with Crippen molar-refractivity contribution >= 4 is 11.8 Å². The first kappa shape index (κ1) is 5.36. The third kappa shape index (κ3) is 0.761. The lowest BCUT2D eigenvalue weighted by Crippen LogP contribution is -1.71. The number of aryl methyl sites for hydroxylation is 2. The fraction of sp³-hybridized carbons (Fsp3) is 0.250. The van der Waals surface area contributed by atoms with Gasteiger partial charge in [0.25, 0.3) is 0 Å². The molecule has 0 aliphatic carbocycles. The molecule has 0 N–H and O–H groups in total. The molecule has 46 valence electrons. The Morgan fingerprint density at radius 1 is 1.22 bits per heavy atom. The van der Waals surface area contributed by atoms with Gasteiger partial charge in [-0.2, -0.15) is 0 Å². The zero-order chi connectivity index (χ0) is 6.43. The van der Waals surface area contributed by atoms with Crippen molar-refractivity contribution in [3.05, 3.63) is 23.3 Å². The van der Waals surface area contributed by atoms with Gasteiger partial charge in [0.05, 0.1) is 0 Å². The van der Waals surface area contributed by atoms with E-state index in [1.807, 2.05) is 11.8 Å². The maximum Gasteiger partial charge on any atom is 0.0291 e. The van der Waals surface area contributed by atoms with E-state index in [0.717, 1.165) is 0 Å². The van der Waals surface area contributed by atoms with Gasteiger partial charge in [0.15, 0.2) is 0 Å². The Hall–Kier alpha value is -0.430. The van der Waals surface area contributed by atoms with Crippen molar-refractivity contribution in [3.63, 3.8) is 0 Å². The molecular formula is C8H8S. The van der Waals surface area contributed by atoms with Crippen LogP contribution in [0.1, 0.15) is 11.1 Å². The molecule has 0 saturated heterocycles. The number of benzene rings is 1. The van der Waals surface area contributed by atoms with Crippen molar-refractivity contribution in [3.8, 4) is 0 Å². The van der Waals surface area contributed by atoms with Crippen LogP contribution in [-0.4, -0.2) is 0 Å². The van der Waals surface area contributed by atoms with Crippen LogP contribution in [0.15, 0.2) is 21.9 Å². The smallest absolute Gasteiger partial charge is 0.0291 e. The highest BCUT2D eigenvalue weighted by atomic mass is 32.2. The summed E-state index contributed by atoms with van der Waals surface area (Å²) in [6, 6.07) is 4.48. The quantitative estimate of drug-likeness (QED) is 0.502. The van der Waals surface area contributed by atoms with Gasteiger partial charge in [-0.25, -0.2) is 0 Å². The van der Waals surface area contributed by atoms with E-state index in [2.05, 4.69) is 26.0 Å². The molecule has 0 saturated carbocycles. The Balaban J connectivity index is 2.67. The molecule has 1 heteroatoms. The third-order valence-electron chi connectivity index (χ3n) is 1.56. The van der Waals surface area contributed by atoms with Gasteiger partial charge >= 0.3 is 0 Å². The lowest BCUT2D eigenvalue weighted by molar-refractivity contribution is 1.22. The number of hydrogen-bond donors (Lipinski definition) is 0. The Labute approximate surface area is 59.3 Å². The van der Waals surface area contributed by atoms with Gasteiger partial charge < -0.3 is 0 Å². The summed E-state index contributed by atoms with van der Waals surface area (Å²) in [5.41, 5.74) is 2.83. The zero-order valence-electron chi connectivity index (χ0n) is 5.56. The number of fused-ring (bicyclic) bond motifs is 1. The van der Waals surface area contributed by atoms with E-state index in [4.69, 9.17) is 0 Å². The van der Waals surface area contributed by atoms with Crippen LogP contribution >= 0.6 is 11.8 Å². The molecule has 1 aliphatic rings. The molecule has 1 aromatic carbocycles. The van der Waals surface area contributed by atoms with Crippen LogP contribution < -0.4 is 0 Å². The van der Waals surface area contributed by atoms with E-state index in [-0.39, 0.29) is 0 Å². The Kier molecular flexibility index (Phi) is 0.917. The van der Waals surface area contributed by atoms with Gasteiger partial charge in [-0.05, 0) is 31.0 Å². The Morgan fingerprint density at radius 3 is 2.67 bits per heavy atom. The summed E-state index contributed by atoms with van der Waals surface area (Å²) in [7, 11) is 0. The first-order chi connectivity index (χ1) is 4.27. The minimum atomic E-state index is 1.39. The Bertz CT molecular complexity index is 263. The molecule has 0 atom stereocenters. The van der Waals surface area contributed by atoms with Gasteiger partial charge in [0.2, 0.25) is 0 Å². The van der Waals surface area contributed by atoms with E-state index in [1.54, 1.807) is 0 Å². The molecule has 2 rings (SSSR count). The first-order valence-electron chi connectivity index (χ1n) is 3.06. The fourth-order valence-electron chi connectivity index (χ4n) is 1.11. The summed E-state index contributed by atoms with van der Waals surface area (Å²) in [5, 5.41) is 0. The maximum absolute atomic E-state index is 2.24. The Morgan fingerprint density at radius 2 is 2.00 bits per heavy atom. The van der Waals surface area contributed by atoms with Crippen LogP contribution in [0.5, 0.6) is 0 Å². The van der Waals surface area contributed by atoms with Crippen LogP contribution in [0.3, 0.4) is 0 Å².